The van der Waals surface area contributed by atoms with Crippen molar-refractivity contribution in [2.45, 2.75) is 38.5 Å². The standard InChI is InChI=1S/C14H23N3O2/c1-3-13(15)14-5-4-11(6-16-14)17-7-10(2)19-12(8-17)9-18/h4-6,10,12-13,18H,3,7-9,15H2,1-2H3/t10?,12?,13-/m1/s1. The average molecular weight is 265 g/mol. The van der Waals surface area contributed by atoms with Gasteiger partial charge in [-0.2, -0.15) is 0 Å². The molecular weight excluding hydrogens is 242 g/mol. The van der Waals surface area contributed by atoms with E-state index < -0.39 is 0 Å². The summed E-state index contributed by atoms with van der Waals surface area (Å²) in [6.07, 6.45) is 2.73. The fourth-order valence-corrected chi connectivity index (χ4v) is 2.37. The second-order valence-corrected chi connectivity index (χ2v) is 5.11. The Morgan fingerprint density at radius 3 is 2.89 bits per heavy atom. The van der Waals surface area contributed by atoms with Crippen LogP contribution in [0.4, 0.5) is 5.69 Å². The highest BCUT2D eigenvalue weighted by molar-refractivity contribution is 5.45. The highest BCUT2D eigenvalue weighted by Gasteiger charge is 2.25. The second-order valence-electron chi connectivity index (χ2n) is 5.11. The van der Waals surface area contributed by atoms with Crippen LogP contribution in [0.15, 0.2) is 18.3 Å². The number of nitrogens with zero attached hydrogens (tertiary/aromatic N) is 2. The van der Waals surface area contributed by atoms with Crippen LogP contribution in [0.1, 0.15) is 32.0 Å². The van der Waals surface area contributed by atoms with Gasteiger partial charge in [0.1, 0.15) is 0 Å². The van der Waals surface area contributed by atoms with E-state index in [0.29, 0.717) is 6.54 Å². The first kappa shape index (κ1) is 14.2. The summed E-state index contributed by atoms with van der Waals surface area (Å²) in [5.41, 5.74) is 7.94. The van der Waals surface area contributed by atoms with Crippen molar-refractivity contribution in [2.75, 3.05) is 24.6 Å². The highest BCUT2D eigenvalue weighted by atomic mass is 16.5. The van der Waals surface area contributed by atoms with Gasteiger partial charge < -0.3 is 20.5 Å². The lowest BCUT2D eigenvalue weighted by atomic mass is 10.1. The molecule has 0 spiro atoms. The summed E-state index contributed by atoms with van der Waals surface area (Å²) >= 11 is 0. The molecule has 1 aromatic rings. The first-order chi connectivity index (χ1) is 9.13. The summed E-state index contributed by atoms with van der Waals surface area (Å²) in [6.45, 7) is 5.63. The number of anilines is 1. The minimum atomic E-state index is -0.124. The third kappa shape index (κ3) is 3.43. The SMILES string of the molecule is CC[C@@H](N)c1ccc(N2CC(C)OC(CO)C2)cn1. The van der Waals surface area contributed by atoms with E-state index in [1.807, 2.05) is 25.3 Å². The Morgan fingerprint density at radius 2 is 2.32 bits per heavy atom. The van der Waals surface area contributed by atoms with Crippen molar-refractivity contribution < 1.29 is 9.84 Å². The maximum Gasteiger partial charge on any atom is 0.0984 e. The van der Waals surface area contributed by atoms with Crippen molar-refractivity contribution in [3.8, 4) is 0 Å². The van der Waals surface area contributed by atoms with Crippen molar-refractivity contribution in [1.82, 2.24) is 4.98 Å². The molecule has 5 nitrogen and oxygen atoms in total. The third-order valence-electron chi connectivity index (χ3n) is 3.49. The molecule has 1 saturated heterocycles. The predicted molar refractivity (Wildman–Crippen MR) is 75.1 cm³/mol. The van der Waals surface area contributed by atoms with Crippen molar-refractivity contribution in [2.24, 2.45) is 5.73 Å². The molecule has 0 radical (unpaired) electrons. The second kappa shape index (κ2) is 6.32. The van der Waals surface area contributed by atoms with Gasteiger partial charge in [-0.3, -0.25) is 4.98 Å². The Kier molecular flexibility index (Phi) is 4.74. The summed E-state index contributed by atoms with van der Waals surface area (Å²) in [4.78, 5) is 6.63. The number of ether oxygens (including phenoxy) is 1. The number of hydrogen-bond donors (Lipinski definition) is 2. The maximum absolute atomic E-state index is 9.24. The molecule has 0 aliphatic carbocycles. The zero-order valence-corrected chi connectivity index (χ0v) is 11.6. The maximum atomic E-state index is 9.24. The van der Waals surface area contributed by atoms with Crippen LogP contribution < -0.4 is 10.6 Å². The van der Waals surface area contributed by atoms with E-state index in [1.165, 1.54) is 0 Å². The van der Waals surface area contributed by atoms with Crippen LogP contribution in [-0.2, 0) is 4.74 Å². The molecular formula is C14H23N3O2. The predicted octanol–water partition coefficient (Wildman–Crippen LogP) is 1.08. The molecule has 3 atom stereocenters. The van der Waals surface area contributed by atoms with Crippen LogP contribution >= 0.6 is 0 Å². The number of nitrogens with two attached hydrogens (primary N) is 1. The van der Waals surface area contributed by atoms with Crippen LogP contribution in [-0.4, -0.2) is 42.0 Å². The van der Waals surface area contributed by atoms with Crippen molar-refractivity contribution in [1.29, 1.82) is 0 Å². The van der Waals surface area contributed by atoms with E-state index in [-0.39, 0.29) is 24.9 Å². The molecule has 1 aliphatic heterocycles. The van der Waals surface area contributed by atoms with Crippen LogP contribution in [0.3, 0.4) is 0 Å². The van der Waals surface area contributed by atoms with Gasteiger partial charge >= 0.3 is 0 Å². The molecule has 1 fully saturated rings. The molecule has 106 valence electrons. The number of pyridine rings is 1. The molecule has 2 unspecified atom stereocenters. The number of aromatic nitrogens is 1. The lowest BCUT2D eigenvalue weighted by Crippen LogP contribution is -2.48. The lowest BCUT2D eigenvalue weighted by Gasteiger charge is -2.37. The van der Waals surface area contributed by atoms with E-state index in [4.69, 9.17) is 10.5 Å². The minimum Gasteiger partial charge on any atom is -0.394 e. The summed E-state index contributed by atoms with van der Waals surface area (Å²) in [7, 11) is 0. The fourth-order valence-electron chi connectivity index (χ4n) is 2.37. The monoisotopic (exact) mass is 265 g/mol. The summed E-state index contributed by atoms with van der Waals surface area (Å²) < 4.78 is 5.63. The third-order valence-corrected chi connectivity index (χ3v) is 3.49. The van der Waals surface area contributed by atoms with Gasteiger partial charge in [-0.1, -0.05) is 6.92 Å². The van der Waals surface area contributed by atoms with Gasteiger partial charge in [0.25, 0.3) is 0 Å². The molecule has 5 heteroatoms. The zero-order chi connectivity index (χ0) is 13.8. The minimum absolute atomic E-state index is 0.00264. The van der Waals surface area contributed by atoms with Crippen LogP contribution in [0.25, 0.3) is 0 Å². The Balaban J connectivity index is 2.08. The van der Waals surface area contributed by atoms with Gasteiger partial charge in [-0.05, 0) is 25.5 Å². The number of rotatable bonds is 4. The number of aliphatic hydroxyl groups excluding tert-OH is 1. The molecule has 1 aliphatic rings. The van der Waals surface area contributed by atoms with Gasteiger partial charge in [-0.25, -0.2) is 0 Å². The van der Waals surface area contributed by atoms with Crippen LogP contribution in [0.5, 0.6) is 0 Å². The average Bonchev–Trinajstić information content (AvgIpc) is 2.46. The van der Waals surface area contributed by atoms with E-state index in [0.717, 1.165) is 24.3 Å². The molecule has 0 saturated carbocycles. The van der Waals surface area contributed by atoms with Crippen molar-refractivity contribution >= 4 is 5.69 Å². The summed E-state index contributed by atoms with van der Waals surface area (Å²) in [6, 6.07) is 4.03. The Hall–Kier alpha value is -1.17. The fraction of sp³-hybridized carbons (Fsp3) is 0.643. The topological polar surface area (TPSA) is 71.6 Å². The van der Waals surface area contributed by atoms with E-state index in [1.54, 1.807) is 0 Å². The Morgan fingerprint density at radius 1 is 1.53 bits per heavy atom. The zero-order valence-electron chi connectivity index (χ0n) is 11.6. The van der Waals surface area contributed by atoms with Gasteiger partial charge in [0.05, 0.1) is 36.4 Å². The largest absolute Gasteiger partial charge is 0.394 e. The Labute approximate surface area is 114 Å². The van der Waals surface area contributed by atoms with E-state index in [9.17, 15) is 5.11 Å². The summed E-state index contributed by atoms with van der Waals surface area (Å²) in [5.74, 6) is 0. The molecule has 0 aromatic carbocycles. The van der Waals surface area contributed by atoms with Crippen molar-refractivity contribution in [3.05, 3.63) is 24.0 Å². The molecule has 19 heavy (non-hydrogen) atoms. The van der Waals surface area contributed by atoms with Gasteiger partial charge in [0, 0.05) is 19.1 Å². The normalized spacial score (nSPS) is 25.4. The molecule has 3 N–H and O–H groups in total. The number of aliphatic hydroxyl groups is 1. The Bertz CT molecular complexity index is 396. The first-order valence-electron chi connectivity index (χ1n) is 6.86. The van der Waals surface area contributed by atoms with E-state index in [2.05, 4.69) is 16.8 Å². The molecule has 2 rings (SSSR count). The van der Waals surface area contributed by atoms with E-state index >= 15 is 0 Å². The molecule has 0 amide bonds. The van der Waals surface area contributed by atoms with Gasteiger partial charge in [0.15, 0.2) is 0 Å². The highest BCUT2D eigenvalue weighted by Crippen LogP contribution is 2.21. The lowest BCUT2D eigenvalue weighted by molar-refractivity contribution is -0.0421. The van der Waals surface area contributed by atoms with Crippen LogP contribution in [0.2, 0.25) is 0 Å². The smallest absolute Gasteiger partial charge is 0.0984 e. The number of hydrogen-bond acceptors (Lipinski definition) is 5. The first-order valence-corrected chi connectivity index (χ1v) is 6.86. The molecule has 2 heterocycles. The summed E-state index contributed by atoms with van der Waals surface area (Å²) in [5, 5.41) is 9.24. The van der Waals surface area contributed by atoms with Crippen LogP contribution in [0, 0.1) is 0 Å². The number of morpholine rings is 1. The molecule has 0 bridgehead atoms. The quantitative estimate of drug-likeness (QED) is 0.852. The van der Waals surface area contributed by atoms with Gasteiger partial charge in [-0.15, -0.1) is 0 Å². The van der Waals surface area contributed by atoms with Crippen molar-refractivity contribution in [3.63, 3.8) is 0 Å². The molecule has 1 aromatic heterocycles. The van der Waals surface area contributed by atoms with Gasteiger partial charge in [0.2, 0.25) is 0 Å².